The van der Waals surface area contributed by atoms with Crippen LogP contribution in [0, 0.1) is 0 Å². The minimum Gasteiger partial charge on any atom is -0.460 e. The quantitative estimate of drug-likeness (QED) is 0.463. The van der Waals surface area contributed by atoms with Crippen molar-refractivity contribution in [1.82, 2.24) is 0 Å². The molecule has 0 saturated carbocycles. The molecule has 0 bridgehead atoms. The predicted octanol–water partition coefficient (Wildman–Crippen LogP) is 2.29. The number of ether oxygens (including phenoxy) is 1. The highest BCUT2D eigenvalue weighted by Crippen LogP contribution is 2.42. The van der Waals surface area contributed by atoms with Crippen LogP contribution < -0.4 is 4.74 Å². The molecule has 0 fully saturated rings. The van der Waals surface area contributed by atoms with Crippen LogP contribution >= 0.6 is 0 Å². The number of nitrogens with zero attached hydrogens (tertiary/aromatic N) is 2. The van der Waals surface area contributed by atoms with E-state index in [1.807, 2.05) is 36.4 Å². The Kier molecular flexibility index (Phi) is 1.61. The van der Waals surface area contributed by atoms with Gasteiger partial charge >= 0.3 is 5.71 Å². The Bertz CT molecular complexity index is 536. The molecular formula is C12H8N2O. The average Bonchev–Trinajstić information content (AvgIpc) is 2.67. The standard InChI is InChI=1S/C12H8N2O/c13-14-9-5-3-7-11-12(9)8-4-1-2-6-10(8)15-11/h1-7,12H. The maximum absolute atomic E-state index is 8.92. The predicted molar refractivity (Wildman–Crippen MR) is 55.7 cm³/mol. The van der Waals surface area contributed by atoms with Crippen LogP contribution in [-0.4, -0.2) is 10.5 Å². The van der Waals surface area contributed by atoms with E-state index in [4.69, 9.17) is 10.3 Å². The molecule has 72 valence electrons. The van der Waals surface area contributed by atoms with Crippen LogP contribution in [-0.2, 0) is 0 Å². The Hall–Kier alpha value is -2.12. The van der Waals surface area contributed by atoms with Gasteiger partial charge in [0.2, 0.25) is 0 Å². The smallest absolute Gasteiger partial charge is 0.307 e. The molecule has 0 aromatic heterocycles. The Morgan fingerprint density at radius 1 is 1.27 bits per heavy atom. The molecule has 1 aliphatic heterocycles. The Balaban J connectivity index is 2.22. The summed E-state index contributed by atoms with van der Waals surface area (Å²) in [5.74, 6) is 1.63. The highest BCUT2D eigenvalue weighted by molar-refractivity contribution is 6.00. The van der Waals surface area contributed by atoms with E-state index in [0.717, 1.165) is 17.1 Å². The molecule has 0 amide bonds. The summed E-state index contributed by atoms with van der Waals surface area (Å²) in [7, 11) is 0. The van der Waals surface area contributed by atoms with E-state index in [9.17, 15) is 0 Å². The Labute approximate surface area is 86.9 Å². The molecule has 1 atom stereocenters. The zero-order valence-corrected chi connectivity index (χ0v) is 7.92. The first-order chi connectivity index (χ1) is 7.40. The fourth-order valence-corrected chi connectivity index (χ4v) is 2.02. The second-order valence-electron chi connectivity index (χ2n) is 3.53. The van der Waals surface area contributed by atoms with Gasteiger partial charge in [-0.1, -0.05) is 24.3 Å². The molecule has 0 saturated heterocycles. The average molecular weight is 196 g/mol. The lowest BCUT2D eigenvalue weighted by molar-refractivity contribution is -0.00742. The molecule has 1 unspecified atom stereocenters. The van der Waals surface area contributed by atoms with Crippen molar-refractivity contribution in [1.29, 1.82) is 0 Å². The van der Waals surface area contributed by atoms with Crippen molar-refractivity contribution >= 4 is 5.71 Å². The molecule has 1 aliphatic carbocycles. The molecule has 0 N–H and O–H groups in total. The van der Waals surface area contributed by atoms with E-state index in [2.05, 4.69) is 4.79 Å². The largest absolute Gasteiger partial charge is 0.460 e. The van der Waals surface area contributed by atoms with Crippen molar-refractivity contribution < 1.29 is 9.53 Å². The highest BCUT2D eigenvalue weighted by Gasteiger charge is 2.38. The molecule has 0 radical (unpaired) electrons. The molecule has 3 nitrogen and oxygen atoms in total. The Morgan fingerprint density at radius 3 is 3.00 bits per heavy atom. The van der Waals surface area contributed by atoms with Crippen LogP contribution in [0.5, 0.6) is 5.75 Å². The summed E-state index contributed by atoms with van der Waals surface area (Å²) in [5, 5.41) is 0. The Morgan fingerprint density at radius 2 is 2.13 bits per heavy atom. The van der Waals surface area contributed by atoms with Gasteiger partial charge in [-0.2, -0.15) is 4.79 Å². The molecule has 0 spiro atoms. The van der Waals surface area contributed by atoms with Crippen molar-refractivity contribution in [2.45, 2.75) is 5.92 Å². The highest BCUT2D eigenvalue weighted by atomic mass is 16.5. The van der Waals surface area contributed by atoms with Gasteiger partial charge in [0.25, 0.3) is 0 Å². The maximum atomic E-state index is 8.92. The summed E-state index contributed by atoms with van der Waals surface area (Å²) < 4.78 is 5.66. The van der Waals surface area contributed by atoms with E-state index in [1.165, 1.54) is 0 Å². The topological polar surface area (TPSA) is 45.6 Å². The van der Waals surface area contributed by atoms with Gasteiger partial charge < -0.3 is 10.3 Å². The molecular weight excluding hydrogens is 188 g/mol. The number of allylic oxidation sites excluding steroid dienone is 4. The molecule has 2 aliphatic rings. The lowest BCUT2D eigenvalue weighted by atomic mass is 9.91. The van der Waals surface area contributed by atoms with Gasteiger partial charge in [0.1, 0.15) is 17.4 Å². The molecule has 15 heavy (non-hydrogen) atoms. The molecule has 3 heteroatoms. The van der Waals surface area contributed by atoms with Gasteiger partial charge in [-0.05, 0) is 12.1 Å². The van der Waals surface area contributed by atoms with E-state index >= 15 is 0 Å². The monoisotopic (exact) mass is 196 g/mol. The normalized spacial score (nSPS) is 21.2. The number of fused-ring (bicyclic) bond motifs is 3. The van der Waals surface area contributed by atoms with Crippen molar-refractivity contribution in [3.05, 3.63) is 59.3 Å². The minimum atomic E-state index is -0.0452. The van der Waals surface area contributed by atoms with Gasteiger partial charge in [-0.3, -0.25) is 0 Å². The van der Waals surface area contributed by atoms with Crippen LogP contribution in [0.3, 0.4) is 0 Å². The fourth-order valence-electron chi connectivity index (χ4n) is 2.02. The van der Waals surface area contributed by atoms with Crippen LogP contribution in [0.4, 0.5) is 0 Å². The van der Waals surface area contributed by atoms with E-state index in [-0.39, 0.29) is 5.92 Å². The number of rotatable bonds is 0. The van der Waals surface area contributed by atoms with Crippen molar-refractivity contribution in [3.63, 3.8) is 0 Å². The van der Waals surface area contributed by atoms with E-state index in [1.54, 1.807) is 6.08 Å². The van der Waals surface area contributed by atoms with Gasteiger partial charge in [0.05, 0.1) is 0 Å². The third-order valence-corrected chi connectivity index (χ3v) is 2.68. The van der Waals surface area contributed by atoms with Crippen LogP contribution in [0.1, 0.15) is 11.5 Å². The van der Waals surface area contributed by atoms with E-state index in [0.29, 0.717) is 5.71 Å². The summed E-state index contributed by atoms with van der Waals surface area (Å²) in [5.41, 5.74) is 10.6. The summed E-state index contributed by atoms with van der Waals surface area (Å²) in [6.07, 6.45) is 5.52. The van der Waals surface area contributed by atoms with Gasteiger partial charge in [0, 0.05) is 11.6 Å². The van der Waals surface area contributed by atoms with Crippen molar-refractivity contribution in [3.8, 4) is 5.75 Å². The summed E-state index contributed by atoms with van der Waals surface area (Å²) in [6.45, 7) is 0. The van der Waals surface area contributed by atoms with E-state index < -0.39 is 0 Å². The minimum absolute atomic E-state index is 0.0452. The summed E-state index contributed by atoms with van der Waals surface area (Å²) >= 11 is 0. The lowest BCUT2D eigenvalue weighted by Crippen LogP contribution is -2.13. The SMILES string of the molecule is [N-]=[N+]=C1C=CC=C2Oc3ccccc3C21. The number of hydrogen-bond acceptors (Lipinski definition) is 1. The summed E-state index contributed by atoms with van der Waals surface area (Å²) in [4.78, 5) is 3.30. The van der Waals surface area contributed by atoms with Gasteiger partial charge in [-0.15, -0.1) is 0 Å². The first-order valence-electron chi connectivity index (χ1n) is 4.77. The zero-order chi connectivity index (χ0) is 10.3. The first kappa shape index (κ1) is 8.21. The second-order valence-corrected chi connectivity index (χ2v) is 3.53. The number of benzene rings is 1. The van der Waals surface area contributed by atoms with Gasteiger partial charge in [-0.25, -0.2) is 0 Å². The third-order valence-electron chi connectivity index (χ3n) is 2.68. The number of para-hydroxylation sites is 1. The molecule has 3 rings (SSSR count). The zero-order valence-electron chi connectivity index (χ0n) is 7.92. The lowest BCUT2D eigenvalue weighted by Gasteiger charge is -2.06. The first-order valence-corrected chi connectivity index (χ1v) is 4.77. The van der Waals surface area contributed by atoms with Gasteiger partial charge in [0.15, 0.2) is 0 Å². The third kappa shape index (κ3) is 1.07. The molecule has 1 aromatic carbocycles. The fraction of sp³-hybridized carbons (Fsp3) is 0.0833. The maximum Gasteiger partial charge on any atom is 0.307 e. The molecule has 1 heterocycles. The summed E-state index contributed by atoms with van der Waals surface area (Å²) in [6, 6.07) is 7.80. The van der Waals surface area contributed by atoms with Crippen LogP contribution in [0.2, 0.25) is 0 Å². The molecule has 1 aromatic rings. The second kappa shape index (κ2) is 2.94. The van der Waals surface area contributed by atoms with Crippen LogP contribution in [0.25, 0.3) is 5.53 Å². The van der Waals surface area contributed by atoms with Crippen LogP contribution in [0.15, 0.2) is 48.3 Å². The number of hydrogen-bond donors (Lipinski definition) is 0. The van der Waals surface area contributed by atoms with Crippen molar-refractivity contribution in [2.75, 3.05) is 0 Å². The van der Waals surface area contributed by atoms with Crippen molar-refractivity contribution in [2.24, 2.45) is 0 Å².